The van der Waals surface area contributed by atoms with Crippen LogP contribution in [0.5, 0.6) is 0 Å². The van der Waals surface area contributed by atoms with E-state index in [0.717, 1.165) is 12.1 Å². The summed E-state index contributed by atoms with van der Waals surface area (Å²) < 4.78 is 42.5. The molecule has 0 unspecified atom stereocenters. The summed E-state index contributed by atoms with van der Waals surface area (Å²) >= 11 is 0. The first-order chi connectivity index (χ1) is 7.95. The Hall–Kier alpha value is -1.85. The van der Waals surface area contributed by atoms with Crippen LogP contribution in [-0.2, 0) is 12.6 Å². The Morgan fingerprint density at radius 2 is 2.00 bits per heavy atom. The van der Waals surface area contributed by atoms with Crippen molar-refractivity contribution in [2.45, 2.75) is 19.5 Å². The van der Waals surface area contributed by atoms with Gasteiger partial charge >= 0.3 is 6.18 Å². The quantitative estimate of drug-likeness (QED) is 0.812. The number of rotatable bonds is 2. The van der Waals surface area contributed by atoms with Gasteiger partial charge in [0.25, 0.3) is 0 Å². The van der Waals surface area contributed by atoms with E-state index in [-0.39, 0.29) is 6.42 Å². The molecule has 6 heteroatoms. The zero-order valence-electron chi connectivity index (χ0n) is 8.95. The van der Waals surface area contributed by atoms with Crippen molar-refractivity contribution in [2.75, 3.05) is 0 Å². The predicted octanol–water partition coefficient (Wildman–Crippen LogP) is 2.99. The first kappa shape index (κ1) is 11.6. The maximum absolute atomic E-state index is 12.5. The van der Waals surface area contributed by atoms with Crippen molar-refractivity contribution in [3.63, 3.8) is 0 Å². The lowest BCUT2D eigenvalue weighted by molar-refractivity contribution is -0.137. The minimum atomic E-state index is -4.33. The molecule has 0 bridgehead atoms. The maximum Gasteiger partial charge on any atom is 0.416 e. The highest BCUT2D eigenvalue weighted by Crippen LogP contribution is 2.29. The molecule has 0 saturated carbocycles. The highest BCUT2D eigenvalue weighted by atomic mass is 19.4. The summed E-state index contributed by atoms with van der Waals surface area (Å²) in [6.45, 7) is 1.63. The van der Waals surface area contributed by atoms with Gasteiger partial charge in [-0.1, -0.05) is 18.2 Å². The average molecular weight is 242 g/mol. The molecule has 0 atom stereocenters. The first-order valence-electron chi connectivity index (χ1n) is 4.90. The summed E-state index contributed by atoms with van der Waals surface area (Å²) in [5, 5.41) is 7.35. The number of nitrogens with zero attached hydrogens (tertiary/aromatic N) is 2. The fraction of sp³-hybridized carbons (Fsp3) is 0.273. The predicted molar refractivity (Wildman–Crippen MR) is 53.3 cm³/mol. The molecule has 1 aromatic carbocycles. The lowest BCUT2D eigenvalue weighted by Gasteiger charge is -2.07. The van der Waals surface area contributed by atoms with Crippen LogP contribution in [0.2, 0.25) is 0 Å². The lowest BCUT2D eigenvalue weighted by atomic mass is 10.1. The Morgan fingerprint density at radius 3 is 2.59 bits per heavy atom. The molecule has 0 aliphatic heterocycles. The Kier molecular flexibility index (Phi) is 2.87. The van der Waals surface area contributed by atoms with E-state index in [1.165, 1.54) is 6.07 Å². The van der Waals surface area contributed by atoms with E-state index in [4.69, 9.17) is 4.42 Å². The van der Waals surface area contributed by atoms with Crippen LogP contribution >= 0.6 is 0 Å². The molecule has 90 valence electrons. The van der Waals surface area contributed by atoms with Gasteiger partial charge in [0.2, 0.25) is 11.8 Å². The molecule has 0 radical (unpaired) electrons. The Labute approximate surface area is 95.3 Å². The van der Waals surface area contributed by atoms with E-state index in [1.807, 2.05) is 0 Å². The summed E-state index contributed by atoms with van der Waals surface area (Å²) in [6.07, 6.45) is -4.13. The van der Waals surface area contributed by atoms with E-state index in [1.54, 1.807) is 13.0 Å². The van der Waals surface area contributed by atoms with Crippen molar-refractivity contribution in [2.24, 2.45) is 0 Å². The van der Waals surface area contributed by atoms with Gasteiger partial charge in [-0.3, -0.25) is 0 Å². The minimum Gasteiger partial charge on any atom is -0.425 e. The van der Waals surface area contributed by atoms with Gasteiger partial charge in [-0.2, -0.15) is 13.2 Å². The van der Waals surface area contributed by atoms with E-state index >= 15 is 0 Å². The molecule has 2 aromatic rings. The van der Waals surface area contributed by atoms with Crippen LogP contribution in [0.1, 0.15) is 22.9 Å². The van der Waals surface area contributed by atoms with Gasteiger partial charge in [0.05, 0.1) is 12.0 Å². The normalized spacial score (nSPS) is 11.8. The number of aryl methyl sites for hydroxylation is 1. The average Bonchev–Trinajstić information content (AvgIpc) is 2.63. The molecule has 1 heterocycles. The minimum absolute atomic E-state index is 0.199. The Bertz CT molecular complexity index is 519. The number of hydrogen-bond donors (Lipinski definition) is 0. The summed E-state index contributed by atoms with van der Waals surface area (Å²) in [4.78, 5) is 0. The van der Waals surface area contributed by atoms with E-state index in [9.17, 15) is 13.2 Å². The van der Waals surface area contributed by atoms with Gasteiger partial charge in [-0.15, -0.1) is 10.2 Å². The van der Waals surface area contributed by atoms with Gasteiger partial charge in [-0.25, -0.2) is 0 Å². The molecule has 0 amide bonds. The smallest absolute Gasteiger partial charge is 0.416 e. The maximum atomic E-state index is 12.5. The third-order valence-corrected chi connectivity index (χ3v) is 2.18. The van der Waals surface area contributed by atoms with E-state index in [0.29, 0.717) is 17.3 Å². The van der Waals surface area contributed by atoms with Crippen molar-refractivity contribution in [3.05, 3.63) is 47.2 Å². The molecule has 0 saturated heterocycles. The third kappa shape index (κ3) is 2.83. The number of aromatic nitrogens is 2. The molecule has 3 nitrogen and oxygen atoms in total. The molecular weight excluding hydrogens is 233 g/mol. The molecular formula is C11H9F3N2O. The van der Waals surface area contributed by atoms with Crippen LogP contribution in [0.15, 0.2) is 28.7 Å². The summed E-state index contributed by atoms with van der Waals surface area (Å²) in [5.74, 6) is 0.703. The summed E-state index contributed by atoms with van der Waals surface area (Å²) in [7, 11) is 0. The molecule has 0 spiro atoms. The van der Waals surface area contributed by atoms with Crippen LogP contribution in [0, 0.1) is 6.92 Å². The molecule has 2 rings (SSSR count). The lowest BCUT2D eigenvalue weighted by Crippen LogP contribution is -2.05. The Morgan fingerprint density at radius 1 is 1.24 bits per heavy atom. The second-order valence-electron chi connectivity index (χ2n) is 3.59. The van der Waals surface area contributed by atoms with Crippen molar-refractivity contribution < 1.29 is 17.6 Å². The van der Waals surface area contributed by atoms with Crippen LogP contribution < -0.4 is 0 Å². The molecule has 0 fully saturated rings. The van der Waals surface area contributed by atoms with Crippen molar-refractivity contribution in [3.8, 4) is 0 Å². The van der Waals surface area contributed by atoms with Crippen molar-refractivity contribution >= 4 is 0 Å². The number of alkyl halides is 3. The largest absolute Gasteiger partial charge is 0.425 e. The number of hydrogen-bond acceptors (Lipinski definition) is 3. The third-order valence-electron chi connectivity index (χ3n) is 2.18. The second-order valence-corrected chi connectivity index (χ2v) is 3.59. The van der Waals surface area contributed by atoms with Gasteiger partial charge in [-0.05, 0) is 11.6 Å². The van der Waals surface area contributed by atoms with Gasteiger partial charge in [0.1, 0.15) is 0 Å². The zero-order chi connectivity index (χ0) is 12.5. The second kappa shape index (κ2) is 4.20. The van der Waals surface area contributed by atoms with Gasteiger partial charge < -0.3 is 4.42 Å². The number of halogens is 3. The molecule has 17 heavy (non-hydrogen) atoms. The van der Waals surface area contributed by atoms with Crippen molar-refractivity contribution in [1.29, 1.82) is 0 Å². The van der Waals surface area contributed by atoms with E-state index < -0.39 is 11.7 Å². The highest BCUT2D eigenvalue weighted by molar-refractivity contribution is 5.27. The van der Waals surface area contributed by atoms with Crippen LogP contribution in [-0.4, -0.2) is 10.2 Å². The highest BCUT2D eigenvalue weighted by Gasteiger charge is 2.30. The zero-order valence-corrected chi connectivity index (χ0v) is 8.95. The molecule has 0 N–H and O–H groups in total. The van der Waals surface area contributed by atoms with Gasteiger partial charge in [0, 0.05) is 6.92 Å². The Balaban J connectivity index is 2.22. The molecule has 0 aliphatic rings. The van der Waals surface area contributed by atoms with Crippen LogP contribution in [0.4, 0.5) is 13.2 Å². The molecule has 0 aliphatic carbocycles. The number of benzene rings is 1. The van der Waals surface area contributed by atoms with E-state index in [2.05, 4.69) is 10.2 Å². The SMILES string of the molecule is Cc1nnc(Cc2cccc(C(F)(F)F)c2)o1. The van der Waals surface area contributed by atoms with Crippen LogP contribution in [0.25, 0.3) is 0 Å². The fourth-order valence-corrected chi connectivity index (χ4v) is 1.44. The topological polar surface area (TPSA) is 38.9 Å². The van der Waals surface area contributed by atoms with Crippen LogP contribution in [0.3, 0.4) is 0 Å². The standard InChI is InChI=1S/C11H9F3N2O/c1-7-15-16-10(17-7)6-8-3-2-4-9(5-8)11(12,13)14/h2-5H,6H2,1H3. The summed E-state index contributed by atoms with van der Waals surface area (Å²) in [5.41, 5.74) is -0.185. The van der Waals surface area contributed by atoms with Crippen molar-refractivity contribution in [1.82, 2.24) is 10.2 Å². The summed E-state index contributed by atoms with van der Waals surface area (Å²) in [6, 6.07) is 5.07. The van der Waals surface area contributed by atoms with Gasteiger partial charge in [0.15, 0.2) is 0 Å². The first-order valence-corrected chi connectivity index (χ1v) is 4.90. The fourth-order valence-electron chi connectivity index (χ4n) is 1.44. The monoisotopic (exact) mass is 242 g/mol. The molecule has 1 aromatic heterocycles.